The molecule has 0 bridgehead atoms. The number of hydrogen-bond donors (Lipinski definition) is 0. The van der Waals surface area contributed by atoms with Gasteiger partial charge in [-0.25, -0.2) is 0 Å². The van der Waals surface area contributed by atoms with Crippen molar-refractivity contribution in [1.29, 1.82) is 0 Å². The lowest BCUT2D eigenvalue weighted by Crippen LogP contribution is -2.19. The smallest absolute Gasteiger partial charge is 0.0766 e. The summed E-state index contributed by atoms with van der Waals surface area (Å²) in [6.07, 6.45) is 0. The normalized spacial score (nSPS) is 21.4. The molecule has 5 rings (SSSR count). The number of fused-ring (bicyclic) bond motifs is 5. The van der Waals surface area contributed by atoms with E-state index in [2.05, 4.69) is 83.8 Å². The topological polar surface area (TPSA) is 3.24 Å². The fourth-order valence-electron chi connectivity index (χ4n) is 3.69. The highest BCUT2D eigenvalue weighted by Crippen LogP contribution is 2.63. The number of hydrogen-bond acceptors (Lipinski definition) is 2. The van der Waals surface area contributed by atoms with E-state index in [0.29, 0.717) is 11.3 Å². The third-order valence-corrected chi connectivity index (χ3v) is 5.99. The zero-order chi connectivity index (χ0) is 14.5. The number of benzene rings is 3. The summed E-state index contributed by atoms with van der Waals surface area (Å²) in [7, 11) is 0. The first-order chi connectivity index (χ1) is 10.9. The maximum atomic E-state index is 2.51. The summed E-state index contributed by atoms with van der Waals surface area (Å²) in [6, 6.07) is 28.9. The molecule has 1 nitrogen and oxygen atoms in total. The third-order valence-electron chi connectivity index (χ3n) is 4.59. The molecule has 0 aromatic heterocycles. The fourth-order valence-corrected chi connectivity index (χ4v) is 5.17. The Labute approximate surface area is 134 Å². The van der Waals surface area contributed by atoms with Crippen LogP contribution in [0, 0.1) is 0 Å². The van der Waals surface area contributed by atoms with E-state index in [1.165, 1.54) is 27.4 Å². The molecule has 0 amide bonds. The molecule has 0 N–H and O–H groups in total. The first kappa shape index (κ1) is 12.4. The second-order valence-corrected chi connectivity index (χ2v) is 6.97. The summed E-state index contributed by atoms with van der Waals surface area (Å²) in [6.45, 7) is 0. The van der Waals surface area contributed by atoms with E-state index in [4.69, 9.17) is 0 Å². The summed E-state index contributed by atoms with van der Waals surface area (Å²) in [5, 5.41) is 0.494. The molecule has 0 aliphatic carbocycles. The van der Waals surface area contributed by atoms with Crippen LogP contribution in [0.2, 0.25) is 0 Å². The van der Waals surface area contributed by atoms with Crippen molar-refractivity contribution in [3.63, 3.8) is 0 Å². The molecule has 2 unspecified atom stereocenters. The molecule has 0 saturated heterocycles. The molecule has 3 aromatic rings. The largest absolute Gasteiger partial charge is 0.332 e. The first-order valence-electron chi connectivity index (χ1n) is 7.62. The van der Waals surface area contributed by atoms with E-state index in [1.807, 2.05) is 11.8 Å². The Balaban J connectivity index is 1.75. The average molecular weight is 301 g/mol. The Morgan fingerprint density at radius 3 is 2.23 bits per heavy atom. The summed E-state index contributed by atoms with van der Waals surface area (Å²) < 4.78 is 0. The number of rotatable bonds is 1. The molecule has 2 heterocycles. The Hall–Kier alpha value is -2.19. The van der Waals surface area contributed by atoms with Gasteiger partial charge in [0, 0.05) is 16.3 Å². The lowest BCUT2D eigenvalue weighted by Gasteiger charge is -2.27. The standard InChI is InChI=1S/C20H15NS/c1-2-8-14(9-3-1)21-17-12-6-4-10-15(17)20-19(21)16-11-5-7-13-18(16)22-20/h1-13,19-20H. The van der Waals surface area contributed by atoms with Crippen LogP contribution < -0.4 is 4.90 Å². The highest BCUT2D eigenvalue weighted by atomic mass is 32.2. The number of para-hydroxylation sites is 2. The van der Waals surface area contributed by atoms with Gasteiger partial charge in [-0.05, 0) is 35.4 Å². The van der Waals surface area contributed by atoms with Gasteiger partial charge < -0.3 is 4.90 Å². The molecule has 0 radical (unpaired) electrons. The van der Waals surface area contributed by atoms with Crippen molar-refractivity contribution >= 4 is 23.1 Å². The minimum Gasteiger partial charge on any atom is -0.332 e. The van der Waals surface area contributed by atoms with Gasteiger partial charge in [-0.15, -0.1) is 11.8 Å². The summed E-state index contributed by atoms with van der Waals surface area (Å²) >= 11 is 2.01. The van der Waals surface area contributed by atoms with E-state index < -0.39 is 0 Å². The van der Waals surface area contributed by atoms with Crippen molar-refractivity contribution in [2.75, 3.05) is 4.90 Å². The average Bonchev–Trinajstić information content (AvgIpc) is 3.10. The second-order valence-electron chi connectivity index (χ2n) is 5.79. The van der Waals surface area contributed by atoms with Gasteiger partial charge in [-0.1, -0.05) is 54.6 Å². The molecule has 2 heteroatoms. The molecular weight excluding hydrogens is 286 g/mol. The highest BCUT2D eigenvalue weighted by molar-refractivity contribution is 8.00. The lowest BCUT2D eigenvalue weighted by atomic mass is 10.0. The Kier molecular flexibility index (Phi) is 2.61. The third kappa shape index (κ3) is 1.62. The van der Waals surface area contributed by atoms with E-state index in [0.717, 1.165) is 0 Å². The van der Waals surface area contributed by atoms with Gasteiger partial charge in [0.1, 0.15) is 0 Å². The molecule has 2 atom stereocenters. The molecule has 0 spiro atoms. The SMILES string of the molecule is c1ccc(N2c3ccccc3C3Sc4ccccc4C32)cc1. The van der Waals surface area contributed by atoms with Crippen molar-refractivity contribution < 1.29 is 0 Å². The van der Waals surface area contributed by atoms with Crippen molar-refractivity contribution in [3.8, 4) is 0 Å². The molecule has 22 heavy (non-hydrogen) atoms. The van der Waals surface area contributed by atoms with Gasteiger partial charge in [0.2, 0.25) is 0 Å². The Morgan fingerprint density at radius 1 is 0.682 bits per heavy atom. The maximum absolute atomic E-state index is 2.51. The van der Waals surface area contributed by atoms with Crippen LogP contribution in [0.1, 0.15) is 22.4 Å². The predicted molar refractivity (Wildman–Crippen MR) is 92.8 cm³/mol. The van der Waals surface area contributed by atoms with Crippen molar-refractivity contribution in [2.45, 2.75) is 16.2 Å². The fraction of sp³-hybridized carbons (Fsp3) is 0.100. The van der Waals surface area contributed by atoms with Crippen molar-refractivity contribution in [1.82, 2.24) is 0 Å². The van der Waals surface area contributed by atoms with Crippen LogP contribution in [0.5, 0.6) is 0 Å². The molecule has 2 aliphatic rings. The van der Waals surface area contributed by atoms with Crippen LogP contribution in [-0.2, 0) is 0 Å². The number of nitrogens with zero attached hydrogens (tertiary/aromatic N) is 1. The minimum atomic E-state index is 0.404. The van der Waals surface area contributed by atoms with Crippen LogP contribution in [0.4, 0.5) is 11.4 Å². The van der Waals surface area contributed by atoms with Crippen molar-refractivity contribution in [3.05, 3.63) is 90.0 Å². The van der Waals surface area contributed by atoms with E-state index in [1.54, 1.807) is 0 Å². The van der Waals surface area contributed by atoms with Crippen LogP contribution in [0.3, 0.4) is 0 Å². The van der Waals surface area contributed by atoms with Crippen LogP contribution in [0.15, 0.2) is 83.8 Å². The lowest BCUT2D eigenvalue weighted by molar-refractivity contribution is 0.737. The quantitative estimate of drug-likeness (QED) is 0.565. The monoisotopic (exact) mass is 301 g/mol. The van der Waals surface area contributed by atoms with E-state index >= 15 is 0 Å². The van der Waals surface area contributed by atoms with Gasteiger partial charge in [-0.3, -0.25) is 0 Å². The van der Waals surface area contributed by atoms with Gasteiger partial charge in [0.25, 0.3) is 0 Å². The first-order valence-corrected chi connectivity index (χ1v) is 8.50. The Bertz CT molecular complexity index is 843. The number of thioether (sulfide) groups is 1. The summed E-state index contributed by atoms with van der Waals surface area (Å²) in [5.74, 6) is 0. The predicted octanol–water partition coefficient (Wildman–Crippen LogP) is 5.73. The summed E-state index contributed by atoms with van der Waals surface area (Å²) in [4.78, 5) is 3.94. The van der Waals surface area contributed by atoms with Crippen LogP contribution >= 0.6 is 11.8 Å². The highest BCUT2D eigenvalue weighted by Gasteiger charge is 2.45. The maximum Gasteiger partial charge on any atom is 0.0766 e. The molecule has 0 saturated carbocycles. The molecule has 0 fully saturated rings. The van der Waals surface area contributed by atoms with Gasteiger partial charge >= 0.3 is 0 Å². The minimum absolute atomic E-state index is 0.404. The van der Waals surface area contributed by atoms with Crippen molar-refractivity contribution in [2.24, 2.45) is 0 Å². The van der Waals surface area contributed by atoms with E-state index in [-0.39, 0.29) is 0 Å². The van der Waals surface area contributed by atoms with Gasteiger partial charge in [0.15, 0.2) is 0 Å². The van der Waals surface area contributed by atoms with Gasteiger partial charge in [-0.2, -0.15) is 0 Å². The zero-order valence-electron chi connectivity index (χ0n) is 12.0. The molecule has 106 valence electrons. The van der Waals surface area contributed by atoms with Gasteiger partial charge in [0.05, 0.1) is 11.3 Å². The van der Waals surface area contributed by atoms with Crippen LogP contribution in [-0.4, -0.2) is 0 Å². The molecule has 2 aliphatic heterocycles. The molecule has 3 aromatic carbocycles. The van der Waals surface area contributed by atoms with Crippen LogP contribution in [0.25, 0.3) is 0 Å². The second kappa shape index (κ2) is 4.65. The molecular formula is C20H15NS. The zero-order valence-corrected chi connectivity index (χ0v) is 12.8. The summed E-state index contributed by atoms with van der Waals surface area (Å²) in [5.41, 5.74) is 5.54. The van der Waals surface area contributed by atoms with E-state index in [9.17, 15) is 0 Å². The number of anilines is 2. The Morgan fingerprint density at radius 2 is 1.36 bits per heavy atom.